The van der Waals surface area contributed by atoms with Crippen molar-refractivity contribution in [3.8, 4) is 17.2 Å². The highest BCUT2D eigenvalue weighted by molar-refractivity contribution is 7.17. The topological polar surface area (TPSA) is 71.1 Å². The standard InChI is InChI=1S/C22H19F2N3O3S/c23-22(24)4-5-27(13-22)6-7-29-15-1-2-19-16(9-15)17(26-28)10-20(30-19)18-11-21-14(12-25-18)3-8-31-21/h1-3,8-12,28H,4-7,13H2. The van der Waals surface area contributed by atoms with Gasteiger partial charge in [-0.15, -0.1) is 11.3 Å². The highest BCUT2D eigenvalue weighted by atomic mass is 32.1. The Balaban J connectivity index is 1.38. The second-order valence-corrected chi connectivity index (χ2v) is 8.46. The lowest BCUT2D eigenvalue weighted by molar-refractivity contribution is 0.0113. The van der Waals surface area contributed by atoms with E-state index < -0.39 is 5.92 Å². The minimum atomic E-state index is -2.61. The molecule has 1 aromatic carbocycles. The van der Waals surface area contributed by atoms with Crippen LogP contribution in [0.4, 0.5) is 8.78 Å². The van der Waals surface area contributed by atoms with Crippen molar-refractivity contribution < 1.29 is 23.1 Å². The number of halogens is 2. The predicted octanol–water partition coefficient (Wildman–Crippen LogP) is 4.72. The number of hydrogen-bond acceptors (Lipinski definition) is 7. The van der Waals surface area contributed by atoms with Gasteiger partial charge in [0.25, 0.3) is 5.92 Å². The summed E-state index contributed by atoms with van der Waals surface area (Å²) in [7, 11) is 0. The molecule has 0 unspecified atom stereocenters. The summed E-state index contributed by atoms with van der Waals surface area (Å²) in [6.07, 6.45) is 1.67. The van der Waals surface area contributed by atoms with Gasteiger partial charge in [0.05, 0.1) is 11.9 Å². The van der Waals surface area contributed by atoms with Crippen molar-refractivity contribution >= 4 is 32.4 Å². The van der Waals surface area contributed by atoms with E-state index in [0.717, 1.165) is 10.1 Å². The van der Waals surface area contributed by atoms with Gasteiger partial charge in [-0.1, -0.05) is 5.16 Å². The Morgan fingerprint density at radius 2 is 2.16 bits per heavy atom. The van der Waals surface area contributed by atoms with Crippen LogP contribution >= 0.6 is 11.3 Å². The lowest BCUT2D eigenvalue weighted by Gasteiger charge is -2.16. The van der Waals surface area contributed by atoms with E-state index in [2.05, 4.69) is 10.1 Å². The Labute approximate surface area is 180 Å². The molecular formula is C22H19F2N3O3S. The van der Waals surface area contributed by atoms with E-state index in [1.165, 1.54) is 0 Å². The summed E-state index contributed by atoms with van der Waals surface area (Å²) in [6, 6.07) is 10.7. The Hall–Kier alpha value is -3.04. The van der Waals surface area contributed by atoms with Gasteiger partial charge in [-0.3, -0.25) is 9.88 Å². The third-order valence-electron chi connectivity index (χ3n) is 5.34. The number of benzene rings is 1. The maximum atomic E-state index is 13.3. The molecule has 0 bridgehead atoms. The Morgan fingerprint density at radius 3 is 2.97 bits per heavy atom. The molecule has 0 atom stereocenters. The summed E-state index contributed by atoms with van der Waals surface area (Å²) < 4.78 is 39.4. The minimum absolute atomic E-state index is 0.109. The Kier molecular flexibility index (Phi) is 5.07. The van der Waals surface area contributed by atoms with Crippen molar-refractivity contribution in [3.05, 3.63) is 53.3 Å². The molecule has 1 N–H and O–H groups in total. The van der Waals surface area contributed by atoms with E-state index in [1.807, 2.05) is 17.5 Å². The number of aromatic nitrogens is 1. The monoisotopic (exact) mass is 443 g/mol. The largest absolute Gasteiger partial charge is 0.492 e. The molecular weight excluding hydrogens is 424 g/mol. The van der Waals surface area contributed by atoms with Gasteiger partial charge in [0.2, 0.25) is 0 Å². The van der Waals surface area contributed by atoms with Crippen LogP contribution in [0, 0.1) is 0 Å². The van der Waals surface area contributed by atoms with Crippen LogP contribution < -0.4 is 10.1 Å². The second kappa shape index (κ2) is 7.90. The molecule has 0 spiro atoms. The summed E-state index contributed by atoms with van der Waals surface area (Å²) in [4.78, 5) is 6.13. The summed E-state index contributed by atoms with van der Waals surface area (Å²) in [5.41, 5.74) is 1.16. The van der Waals surface area contributed by atoms with Crippen LogP contribution in [0.25, 0.3) is 32.5 Å². The Morgan fingerprint density at radius 1 is 1.26 bits per heavy atom. The molecule has 0 aliphatic carbocycles. The molecule has 1 aliphatic rings. The van der Waals surface area contributed by atoms with Gasteiger partial charge in [0.15, 0.2) is 5.76 Å². The first-order chi connectivity index (χ1) is 15.0. The van der Waals surface area contributed by atoms with E-state index >= 15 is 0 Å². The van der Waals surface area contributed by atoms with Crippen LogP contribution in [0.5, 0.6) is 5.75 Å². The fraction of sp³-hybridized carbons (Fsp3) is 0.273. The maximum Gasteiger partial charge on any atom is 0.261 e. The maximum absolute atomic E-state index is 13.3. The first kappa shape index (κ1) is 19.9. The Bertz CT molecular complexity index is 1320. The average molecular weight is 443 g/mol. The molecule has 0 saturated carbocycles. The lowest BCUT2D eigenvalue weighted by Crippen LogP contribution is -2.29. The van der Waals surface area contributed by atoms with Crippen molar-refractivity contribution in [3.63, 3.8) is 0 Å². The van der Waals surface area contributed by atoms with Crippen LogP contribution in [0.15, 0.2) is 57.5 Å². The molecule has 4 heterocycles. The van der Waals surface area contributed by atoms with Gasteiger partial charge in [-0.25, -0.2) is 8.78 Å². The molecule has 5 rings (SSSR count). The number of thiophene rings is 1. The van der Waals surface area contributed by atoms with Gasteiger partial charge in [-0.05, 0) is 35.7 Å². The summed E-state index contributed by atoms with van der Waals surface area (Å²) in [6.45, 7) is 0.849. The van der Waals surface area contributed by atoms with Gasteiger partial charge in [0.1, 0.15) is 29.0 Å². The number of rotatable bonds is 5. The van der Waals surface area contributed by atoms with Crippen molar-refractivity contribution in [2.45, 2.75) is 12.3 Å². The highest BCUT2D eigenvalue weighted by Crippen LogP contribution is 2.28. The van der Waals surface area contributed by atoms with Gasteiger partial charge < -0.3 is 14.4 Å². The van der Waals surface area contributed by atoms with Crippen LogP contribution in [-0.4, -0.2) is 47.3 Å². The number of alkyl halides is 2. The lowest BCUT2D eigenvalue weighted by atomic mass is 10.1. The number of nitrogens with zero attached hydrogens (tertiary/aromatic N) is 3. The molecule has 3 aromatic heterocycles. The zero-order chi connectivity index (χ0) is 21.4. The number of hydrogen-bond donors (Lipinski definition) is 1. The quantitative estimate of drug-likeness (QED) is 0.357. The molecule has 6 nitrogen and oxygen atoms in total. The molecule has 31 heavy (non-hydrogen) atoms. The molecule has 0 radical (unpaired) electrons. The smallest absolute Gasteiger partial charge is 0.261 e. The van der Waals surface area contributed by atoms with Gasteiger partial charge >= 0.3 is 0 Å². The second-order valence-electron chi connectivity index (χ2n) is 7.51. The normalized spacial score (nSPS) is 17.0. The van der Waals surface area contributed by atoms with Crippen LogP contribution in [0.1, 0.15) is 6.42 Å². The average Bonchev–Trinajstić information content (AvgIpc) is 3.38. The third kappa shape index (κ3) is 4.11. The van der Waals surface area contributed by atoms with E-state index in [-0.39, 0.29) is 19.6 Å². The van der Waals surface area contributed by atoms with Gasteiger partial charge in [0, 0.05) is 41.9 Å². The van der Waals surface area contributed by atoms with Crippen molar-refractivity contribution in [2.75, 3.05) is 26.2 Å². The van der Waals surface area contributed by atoms with E-state index in [1.54, 1.807) is 46.7 Å². The first-order valence-electron chi connectivity index (χ1n) is 9.83. The van der Waals surface area contributed by atoms with E-state index in [4.69, 9.17) is 9.15 Å². The number of pyridine rings is 1. The molecule has 1 aliphatic heterocycles. The zero-order valence-corrected chi connectivity index (χ0v) is 17.2. The number of likely N-dealkylation sites (tertiary alicyclic amines) is 1. The van der Waals surface area contributed by atoms with Crippen molar-refractivity contribution in [1.82, 2.24) is 9.88 Å². The number of fused-ring (bicyclic) bond motifs is 2. The molecule has 1 saturated heterocycles. The molecule has 0 amide bonds. The summed E-state index contributed by atoms with van der Waals surface area (Å²) in [5, 5.41) is 16.9. The van der Waals surface area contributed by atoms with Crippen LogP contribution in [-0.2, 0) is 0 Å². The summed E-state index contributed by atoms with van der Waals surface area (Å²) >= 11 is 1.61. The zero-order valence-electron chi connectivity index (χ0n) is 16.4. The number of ether oxygens (including phenoxy) is 1. The van der Waals surface area contributed by atoms with Crippen LogP contribution in [0.2, 0.25) is 0 Å². The molecule has 4 aromatic rings. The third-order valence-corrected chi connectivity index (χ3v) is 6.22. The molecule has 9 heteroatoms. The highest BCUT2D eigenvalue weighted by Gasteiger charge is 2.37. The fourth-order valence-electron chi connectivity index (χ4n) is 3.73. The SMILES string of the molecule is ON=c1cc(-c2cc3sccc3cn2)oc2ccc(OCCN3CCC(F)(F)C3)cc12. The fourth-order valence-corrected chi connectivity index (χ4v) is 4.53. The van der Waals surface area contributed by atoms with Crippen molar-refractivity contribution in [1.29, 1.82) is 0 Å². The van der Waals surface area contributed by atoms with Crippen molar-refractivity contribution in [2.24, 2.45) is 5.16 Å². The predicted molar refractivity (Wildman–Crippen MR) is 114 cm³/mol. The van der Waals surface area contributed by atoms with Crippen LogP contribution in [0.3, 0.4) is 0 Å². The molecule has 1 fully saturated rings. The van der Waals surface area contributed by atoms with E-state index in [9.17, 15) is 14.0 Å². The summed E-state index contributed by atoms with van der Waals surface area (Å²) in [5.74, 6) is -1.58. The first-order valence-corrected chi connectivity index (χ1v) is 10.7. The van der Waals surface area contributed by atoms with E-state index in [0.29, 0.717) is 46.6 Å². The minimum Gasteiger partial charge on any atom is -0.492 e. The molecule has 160 valence electrons. The van der Waals surface area contributed by atoms with Gasteiger partial charge in [-0.2, -0.15) is 0 Å².